The molecule has 2 fully saturated rings. The molecule has 0 aromatic rings. The summed E-state index contributed by atoms with van der Waals surface area (Å²) < 4.78 is 0.431. The van der Waals surface area contributed by atoms with Crippen LogP contribution in [-0.2, 0) is 4.79 Å². The molecule has 0 spiro atoms. The third-order valence-electron chi connectivity index (χ3n) is 4.37. The monoisotopic (exact) mass is 198 g/mol. The van der Waals surface area contributed by atoms with Crippen LogP contribution in [-0.4, -0.2) is 16.8 Å². The summed E-state index contributed by atoms with van der Waals surface area (Å²) in [5.74, 6) is 1.43. The first-order chi connectivity index (χ1) is 5.95. The van der Waals surface area contributed by atoms with E-state index in [1.165, 1.54) is 0 Å². The topological polar surface area (TPSA) is 17.1 Å². The number of ketones is 1. The molecule has 0 aromatic carbocycles. The van der Waals surface area contributed by atoms with Crippen molar-refractivity contribution in [3.8, 4) is 0 Å². The molecule has 0 saturated heterocycles. The number of hydrogen-bond acceptors (Lipinski definition) is 2. The Morgan fingerprint density at radius 2 is 2.08 bits per heavy atom. The molecule has 13 heavy (non-hydrogen) atoms. The molecule has 0 amide bonds. The van der Waals surface area contributed by atoms with E-state index in [2.05, 4.69) is 27.0 Å². The Kier molecular flexibility index (Phi) is 1.86. The van der Waals surface area contributed by atoms with Gasteiger partial charge in [-0.1, -0.05) is 20.8 Å². The predicted molar refractivity (Wildman–Crippen MR) is 56.9 cm³/mol. The van der Waals surface area contributed by atoms with Gasteiger partial charge in [0.1, 0.15) is 5.78 Å². The zero-order valence-electron chi connectivity index (χ0n) is 8.89. The maximum Gasteiger partial charge on any atom is 0.136 e. The predicted octanol–water partition coefficient (Wildman–Crippen LogP) is 2.74. The lowest BCUT2D eigenvalue weighted by Crippen LogP contribution is -2.26. The summed E-state index contributed by atoms with van der Waals surface area (Å²) in [5, 5.41) is 0. The van der Waals surface area contributed by atoms with E-state index >= 15 is 0 Å². The molecule has 2 rings (SSSR count). The normalized spacial score (nSPS) is 47.2. The fraction of sp³-hybridized carbons (Fsp3) is 0.909. The number of hydrogen-bond donors (Lipinski definition) is 0. The zero-order valence-corrected chi connectivity index (χ0v) is 9.70. The van der Waals surface area contributed by atoms with Crippen molar-refractivity contribution in [2.75, 3.05) is 6.26 Å². The van der Waals surface area contributed by atoms with Crippen molar-refractivity contribution in [1.82, 2.24) is 0 Å². The fourth-order valence-electron chi connectivity index (χ4n) is 3.21. The van der Waals surface area contributed by atoms with Crippen molar-refractivity contribution >= 4 is 17.5 Å². The van der Waals surface area contributed by atoms with Crippen molar-refractivity contribution in [1.29, 1.82) is 0 Å². The van der Waals surface area contributed by atoms with Crippen LogP contribution in [0.2, 0.25) is 0 Å². The Labute approximate surface area is 84.7 Å². The maximum absolute atomic E-state index is 11.6. The number of carbonyl (C=O) groups excluding carboxylic acids is 1. The van der Waals surface area contributed by atoms with Gasteiger partial charge in [-0.05, 0) is 24.0 Å². The lowest BCUT2D eigenvalue weighted by Gasteiger charge is -2.25. The van der Waals surface area contributed by atoms with E-state index in [9.17, 15) is 4.79 Å². The quantitative estimate of drug-likeness (QED) is 0.644. The molecule has 0 heterocycles. The van der Waals surface area contributed by atoms with Crippen LogP contribution in [0.5, 0.6) is 0 Å². The molecular formula is C11H18OS. The molecule has 0 aromatic heterocycles. The molecule has 2 saturated carbocycles. The van der Waals surface area contributed by atoms with Crippen LogP contribution >= 0.6 is 11.8 Å². The largest absolute Gasteiger partial charge is 0.299 e. The smallest absolute Gasteiger partial charge is 0.136 e. The molecule has 1 nitrogen and oxygen atoms in total. The van der Waals surface area contributed by atoms with Gasteiger partial charge in [-0.3, -0.25) is 4.79 Å². The zero-order chi connectivity index (χ0) is 9.85. The van der Waals surface area contributed by atoms with Gasteiger partial charge in [0, 0.05) is 17.1 Å². The second kappa shape index (κ2) is 2.53. The highest BCUT2D eigenvalue weighted by atomic mass is 32.2. The molecule has 0 aliphatic heterocycles. The van der Waals surface area contributed by atoms with Crippen molar-refractivity contribution in [3.63, 3.8) is 0 Å². The number of fused-ring (bicyclic) bond motifs is 1. The molecule has 0 bridgehead atoms. The first kappa shape index (κ1) is 9.57. The summed E-state index contributed by atoms with van der Waals surface area (Å²) in [6.45, 7) is 6.73. The van der Waals surface area contributed by atoms with Gasteiger partial charge in [-0.2, -0.15) is 11.8 Å². The molecule has 0 radical (unpaired) electrons. The molecule has 2 aliphatic carbocycles. The first-order valence-corrected chi connectivity index (χ1v) is 6.26. The third-order valence-corrected chi connectivity index (χ3v) is 6.08. The van der Waals surface area contributed by atoms with Gasteiger partial charge in [-0.15, -0.1) is 0 Å². The molecule has 2 heteroatoms. The van der Waals surface area contributed by atoms with E-state index in [0.717, 1.165) is 12.8 Å². The summed E-state index contributed by atoms with van der Waals surface area (Å²) in [6, 6.07) is 0. The summed E-state index contributed by atoms with van der Waals surface area (Å²) in [6.07, 6.45) is 4.13. The van der Waals surface area contributed by atoms with Gasteiger partial charge in [0.05, 0.1) is 0 Å². The van der Waals surface area contributed by atoms with Gasteiger partial charge < -0.3 is 0 Å². The molecule has 3 atom stereocenters. The van der Waals surface area contributed by atoms with Crippen LogP contribution in [0, 0.1) is 17.3 Å². The Morgan fingerprint density at radius 3 is 2.62 bits per heavy atom. The van der Waals surface area contributed by atoms with Crippen molar-refractivity contribution in [3.05, 3.63) is 0 Å². The molecule has 3 unspecified atom stereocenters. The standard InChI is InChI=1S/C11H18OS/c1-7-6-11(13-4)9(5-8(7)12)10(11,2)3/h7,9H,5-6H2,1-4H3. The molecule has 2 aliphatic rings. The SMILES string of the molecule is CSC12CC(C)C(=O)CC1C2(C)C. The summed E-state index contributed by atoms with van der Waals surface area (Å²) in [7, 11) is 0. The van der Waals surface area contributed by atoms with Gasteiger partial charge >= 0.3 is 0 Å². The second-order valence-electron chi connectivity index (χ2n) is 5.14. The molecular weight excluding hydrogens is 180 g/mol. The lowest BCUT2D eigenvalue weighted by atomic mass is 9.89. The van der Waals surface area contributed by atoms with Gasteiger partial charge in [0.25, 0.3) is 0 Å². The van der Waals surface area contributed by atoms with Gasteiger partial charge in [-0.25, -0.2) is 0 Å². The highest BCUT2D eigenvalue weighted by Crippen LogP contribution is 2.74. The number of rotatable bonds is 1. The van der Waals surface area contributed by atoms with E-state index in [1.54, 1.807) is 0 Å². The Morgan fingerprint density at radius 1 is 1.46 bits per heavy atom. The van der Waals surface area contributed by atoms with Gasteiger partial charge in [0.2, 0.25) is 0 Å². The van der Waals surface area contributed by atoms with Crippen molar-refractivity contribution < 1.29 is 4.79 Å². The van der Waals surface area contributed by atoms with Crippen molar-refractivity contribution in [2.24, 2.45) is 17.3 Å². The van der Waals surface area contributed by atoms with Crippen LogP contribution in [0.4, 0.5) is 0 Å². The highest BCUT2D eigenvalue weighted by molar-refractivity contribution is 8.00. The fourth-order valence-corrected chi connectivity index (χ4v) is 4.90. The van der Waals surface area contributed by atoms with Gasteiger partial charge in [0.15, 0.2) is 0 Å². The van der Waals surface area contributed by atoms with Crippen LogP contribution < -0.4 is 0 Å². The first-order valence-electron chi connectivity index (χ1n) is 5.03. The summed E-state index contributed by atoms with van der Waals surface area (Å²) >= 11 is 1.98. The number of Topliss-reactive ketones (excluding diaryl/α,β-unsaturated/α-hetero) is 1. The van der Waals surface area contributed by atoms with E-state index in [-0.39, 0.29) is 0 Å². The average molecular weight is 198 g/mol. The van der Waals surface area contributed by atoms with Crippen LogP contribution in [0.1, 0.15) is 33.6 Å². The Bertz CT molecular complexity index is 259. The Balaban J connectivity index is 2.25. The summed E-state index contributed by atoms with van der Waals surface area (Å²) in [4.78, 5) is 11.6. The van der Waals surface area contributed by atoms with Crippen molar-refractivity contribution in [2.45, 2.75) is 38.4 Å². The van der Waals surface area contributed by atoms with E-state index in [0.29, 0.717) is 27.8 Å². The highest BCUT2D eigenvalue weighted by Gasteiger charge is 2.72. The second-order valence-corrected chi connectivity index (χ2v) is 6.28. The minimum absolute atomic E-state index is 0.297. The Hall–Kier alpha value is 0.0200. The average Bonchev–Trinajstić information content (AvgIpc) is 2.52. The summed E-state index contributed by atoms with van der Waals surface area (Å²) in [5.41, 5.74) is 0.396. The van der Waals surface area contributed by atoms with Crippen LogP contribution in [0.25, 0.3) is 0 Å². The van der Waals surface area contributed by atoms with E-state index in [1.807, 2.05) is 11.8 Å². The van der Waals surface area contributed by atoms with E-state index < -0.39 is 0 Å². The third kappa shape index (κ3) is 0.984. The lowest BCUT2D eigenvalue weighted by molar-refractivity contribution is -0.124. The minimum Gasteiger partial charge on any atom is -0.299 e. The molecule has 0 N–H and O–H groups in total. The minimum atomic E-state index is 0.297. The van der Waals surface area contributed by atoms with Crippen LogP contribution in [0.15, 0.2) is 0 Å². The maximum atomic E-state index is 11.6. The molecule has 74 valence electrons. The van der Waals surface area contributed by atoms with E-state index in [4.69, 9.17) is 0 Å². The van der Waals surface area contributed by atoms with Crippen LogP contribution in [0.3, 0.4) is 0 Å². The number of carbonyl (C=O) groups is 1. The number of thioether (sulfide) groups is 1.